The Hall–Kier alpha value is -1.64. The standard InChI is InChI=1S/C9H10N2O/c1-3-5-7-8(4-2)10-6-11-9(7)12/h3-6H,1H2,2H3,(H,10,11,12)/b7-5+,8-4+. The molecule has 0 saturated carbocycles. The van der Waals surface area contributed by atoms with Crippen molar-refractivity contribution in [2.24, 2.45) is 0 Å². The molecule has 0 unspecified atom stereocenters. The van der Waals surface area contributed by atoms with Crippen molar-refractivity contribution < 1.29 is 0 Å². The summed E-state index contributed by atoms with van der Waals surface area (Å²) in [4.78, 5) is 17.7. The van der Waals surface area contributed by atoms with E-state index in [9.17, 15) is 4.79 Å². The van der Waals surface area contributed by atoms with Crippen LogP contribution in [0.15, 0.2) is 23.8 Å². The molecule has 3 nitrogen and oxygen atoms in total. The Bertz CT molecular complexity index is 442. The summed E-state index contributed by atoms with van der Waals surface area (Å²) < 4.78 is 0. The number of hydrogen-bond donors (Lipinski definition) is 1. The number of rotatable bonds is 1. The highest BCUT2D eigenvalue weighted by molar-refractivity contribution is 5.35. The lowest BCUT2D eigenvalue weighted by Crippen LogP contribution is -2.42. The molecule has 1 heterocycles. The molecule has 0 fully saturated rings. The first kappa shape index (κ1) is 8.46. The molecular weight excluding hydrogens is 152 g/mol. The van der Waals surface area contributed by atoms with E-state index in [2.05, 4.69) is 16.5 Å². The summed E-state index contributed by atoms with van der Waals surface area (Å²) in [6.07, 6.45) is 6.38. The van der Waals surface area contributed by atoms with Crippen LogP contribution >= 0.6 is 0 Å². The van der Waals surface area contributed by atoms with Crippen LogP contribution in [-0.2, 0) is 0 Å². The van der Waals surface area contributed by atoms with Crippen LogP contribution in [0.25, 0.3) is 12.2 Å². The largest absolute Gasteiger partial charge is 0.313 e. The summed E-state index contributed by atoms with van der Waals surface area (Å²) in [6, 6.07) is 0. The summed E-state index contributed by atoms with van der Waals surface area (Å²) in [5.74, 6) is 0. The van der Waals surface area contributed by atoms with Gasteiger partial charge >= 0.3 is 0 Å². The molecular formula is C9H10N2O. The highest BCUT2D eigenvalue weighted by Crippen LogP contribution is 1.60. The van der Waals surface area contributed by atoms with E-state index in [1.54, 1.807) is 18.2 Å². The number of nitrogens with one attached hydrogen (secondary N) is 1. The van der Waals surface area contributed by atoms with Crippen molar-refractivity contribution in [2.45, 2.75) is 6.92 Å². The minimum atomic E-state index is -0.141. The second-order valence-corrected chi connectivity index (χ2v) is 2.22. The summed E-state index contributed by atoms with van der Waals surface area (Å²) >= 11 is 0. The monoisotopic (exact) mass is 162 g/mol. The number of aromatic nitrogens is 2. The van der Waals surface area contributed by atoms with Gasteiger partial charge in [-0.25, -0.2) is 4.98 Å². The molecule has 0 amide bonds. The maximum absolute atomic E-state index is 11.2. The van der Waals surface area contributed by atoms with E-state index in [1.807, 2.05) is 6.92 Å². The molecule has 1 rings (SSSR count). The minimum absolute atomic E-state index is 0.141. The molecule has 0 saturated heterocycles. The molecule has 0 spiro atoms. The fourth-order valence-corrected chi connectivity index (χ4v) is 0.933. The average molecular weight is 162 g/mol. The molecule has 0 aliphatic heterocycles. The SMILES string of the molecule is C=C/C=c1/c(=O)[nH]cn/c1=C/C. The van der Waals surface area contributed by atoms with Gasteiger partial charge in [-0.2, -0.15) is 0 Å². The third-order valence-electron chi connectivity index (χ3n) is 1.48. The minimum Gasteiger partial charge on any atom is -0.313 e. The molecule has 1 aromatic heterocycles. The van der Waals surface area contributed by atoms with Crippen molar-refractivity contribution in [2.75, 3.05) is 0 Å². The predicted octanol–water partition coefficient (Wildman–Crippen LogP) is -0.463. The number of allylic oxidation sites excluding steroid dienone is 1. The second-order valence-electron chi connectivity index (χ2n) is 2.22. The van der Waals surface area contributed by atoms with Crippen LogP contribution in [0, 0.1) is 0 Å². The molecule has 0 radical (unpaired) electrons. The van der Waals surface area contributed by atoms with Gasteiger partial charge in [-0.15, -0.1) is 0 Å². The van der Waals surface area contributed by atoms with Crippen molar-refractivity contribution in [3.63, 3.8) is 0 Å². The Balaban J connectivity index is 3.76. The quantitative estimate of drug-likeness (QED) is 0.607. The third kappa shape index (κ3) is 1.50. The summed E-state index contributed by atoms with van der Waals surface area (Å²) in [6.45, 7) is 5.36. The van der Waals surface area contributed by atoms with E-state index in [1.165, 1.54) is 6.33 Å². The highest BCUT2D eigenvalue weighted by atomic mass is 16.1. The second kappa shape index (κ2) is 3.67. The third-order valence-corrected chi connectivity index (χ3v) is 1.48. The van der Waals surface area contributed by atoms with Crippen molar-refractivity contribution >= 4 is 12.2 Å². The molecule has 1 aromatic rings. The van der Waals surface area contributed by atoms with Crippen molar-refractivity contribution in [3.8, 4) is 0 Å². The van der Waals surface area contributed by atoms with E-state index < -0.39 is 0 Å². The van der Waals surface area contributed by atoms with E-state index in [4.69, 9.17) is 0 Å². The van der Waals surface area contributed by atoms with Gasteiger partial charge < -0.3 is 4.98 Å². The maximum atomic E-state index is 11.2. The normalized spacial score (nSPS) is 13.4. The van der Waals surface area contributed by atoms with Gasteiger partial charge in [0.05, 0.1) is 16.9 Å². The molecule has 0 aromatic carbocycles. The van der Waals surface area contributed by atoms with Gasteiger partial charge in [0, 0.05) is 0 Å². The van der Waals surface area contributed by atoms with Crippen LogP contribution in [-0.4, -0.2) is 9.97 Å². The summed E-state index contributed by atoms with van der Waals surface area (Å²) in [5.41, 5.74) is -0.141. The Morgan fingerprint density at radius 1 is 1.67 bits per heavy atom. The van der Waals surface area contributed by atoms with Gasteiger partial charge in [-0.1, -0.05) is 18.7 Å². The van der Waals surface area contributed by atoms with Crippen molar-refractivity contribution in [1.82, 2.24) is 9.97 Å². The molecule has 3 heteroatoms. The van der Waals surface area contributed by atoms with Crippen LogP contribution in [0.3, 0.4) is 0 Å². The Kier molecular flexibility index (Phi) is 2.58. The van der Waals surface area contributed by atoms with E-state index in [0.29, 0.717) is 10.6 Å². The lowest BCUT2D eigenvalue weighted by atomic mass is 10.3. The van der Waals surface area contributed by atoms with Crippen molar-refractivity contribution in [3.05, 3.63) is 39.9 Å². The number of aromatic amines is 1. The molecule has 1 N–H and O–H groups in total. The number of hydrogen-bond acceptors (Lipinski definition) is 2. The fourth-order valence-electron chi connectivity index (χ4n) is 0.933. The molecule has 0 bridgehead atoms. The first-order valence-corrected chi connectivity index (χ1v) is 3.62. The summed E-state index contributed by atoms with van der Waals surface area (Å²) in [5, 5.41) is 1.23. The van der Waals surface area contributed by atoms with Gasteiger partial charge in [0.1, 0.15) is 0 Å². The van der Waals surface area contributed by atoms with E-state index >= 15 is 0 Å². The zero-order valence-corrected chi connectivity index (χ0v) is 6.87. The average Bonchev–Trinajstić information content (AvgIpc) is 2.09. The molecule has 0 aliphatic carbocycles. The van der Waals surface area contributed by atoms with Gasteiger partial charge in [0.15, 0.2) is 0 Å². The molecule has 0 aliphatic rings. The van der Waals surface area contributed by atoms with Gasteiger partial charge in [-0.3, -0.25) is 4.79 Å². The zero-order chi connectivity index (χ0) is 8.97. The highest BCUT2D eigenvalue weighted by Gasteiger charge is 1.88. The molecule has 12 heavy (non-hydrogen) atoms. The van der Waals surface area contributed by atoms with Gasteiger partial charge in [0.2, 0.25) is 0 Å². The van der Waals surface area contributed by atoms with Crippen LogP contribution in [0.5, 0.6) is 0 Å². The van der Waals surface area contributed by atoms with Crippen LogP contribution in [0.4, 0.5) is 0 Å². The lowest BCUT2D eigenvalue weighted by molar-refractivity contribution is 1.05. The summed E-state index contributed by atoms with van der Waals surface area (Å²) in [7, 11) is 0. The van der Waals surface area contributed by atoms with Gasteiger partial charge in [-0.05, 0) is 13.0 Å². The molecule has 0 atom stereocenters. The zero-order valence-electron chi connectivity index (χ0n) is 6.87. The van der Waals surface area contributed by atoms with E-state index in [0.717, 1.165) is 0 Å². The number of H-pyrrole nitrogens is 1. The van der Waals surface area contributed by atoms with Crippen LogP contribution in [0.2, 0.25) is 0 Å². The van der Waals surface area contributed by atoms with Gasteiger partial charge in [0.25, 0.3) is 5.56 Å². The van der Waals surface area contributed by atoms with Crippen LogP contribution in [0.1, 0.15) is 6.92 Å². The first-order chi connectivity index (χ1) is 5.79. The van der Waals surface area contributed by atoms with Crippen LogP contribution < -0.4 is 16.1 Å². The predicted molar refractivity (Wildman–Crippen MR) is 48.9 cm³/mol. The Morgan fingerprint density at radius 3 is 3.00 bits per heavy atom. The topological polar surface area (TPSA) is 45.8 Å². The first-order valence-electron chi connectivity index (χ1n) is 3.62. The Morgan fingerprint density at radius 2 is 2.42 bits per heavy atom. The molecule has 62 valence electrons. The van der Waals surface area contributed by atoms with Crippen molar-refractivity contribution in [1.29, 1.82) is 0 Å². The fraction of sp³-hybridized carbons (Fsp3) is 0.111. The smallest absolute Gasteiger partial charge is 0.258 e. The number of nitrogens with zero attached hydrogens (tertiary/aromatic N) is 1. The maximum Gasteiger partial charge on any atom is 0.258 e. The lowest BCUT2D eigenvalue weighted by Gasteiger charge is -1.85. The van der Waals surface area contributed by atoms with E-state index in [-0.39, 0.29) is 5.56 Å². The Labute approximate surface area is 69.8 Å².